The fourth-order valence-electron chi connectivity index (χ4n) is 2.88. The number of pyridine rings is 1. The van der Waals surface area contributed by atoms with E-state index in [1.54, 1.807) is 37.5 Å². The Morgan fingerprint density at radius 2 is 1.97 bits per heavy atom. The van der Waals surface area contributed by atoms with E-state index in [-0.39, 0.29) is 11.7 Å². The van der Waals surface area contributed by atoms with E-state index >= 15 is 0 Å². The highest BCUT2D eigenvalue weighted by molar-refractivity contribution is 9.10. The van der Waals surface area contributed by atoms with Crippen LogP contribution in [0.4, 0.5) is 10.1 Å². The Kier molecular flexibility index (Phi) is 4.94. The number of anilines is 1. The van der Waals surface area contributed by atoms with Gasteiger partial charge in [0.15, 0.2) is 0 Å². The summed E-state index contributed by atoms with van der Waals surface area (Å²) in [6, 6.07) is 12.4. The molecule has 0 aliphatic carbocycles. The number of furan rings is 1. The van der Waals surface area contributed by atoms with Crippen molar-refractivity contribution in [3.63, 3.8) is 0 Å². The van der Waals surface area contributed by atoms with Crippen molar-refractivity contribution < 1.29 is 18.3 Å². The van der Waals surface area contributed by atoms with Crippen LogP contribution in [0.15, 0.2) is 63.6 Å². The van der Waals surface area contributed by atoms with E-state index in [4.69, 9.17) is 14.9 Å². The second-order valence-electron chi connectivity index (χ2n) is 6.20. The quantitative estimate of drug-likeness (QED) is 0.416. The number of nitrogens with one attached hydrogen (secondary N) is 1. The first-order valence-corrected chi connectivity index (χ1v) is 9.39. The van der Waals surface area contributed by atoms with Crippen LogP contribution < -0.4 is 15.8 Å². The summed E-state index contributed by atoms with van der Waals surface area (Å²) >= 11 is 3.38. The molecule has 29 heavy (non-hydrogen) atoms. The number of carbonyl (C=O) groups excluding carboxylic acids is 1. The third-order valence-corrected chi connectivity index (χ3v) is 4.98. The van der Waals surface area contributed by atoms with Gasteiger partial charge in [-0.2, -0.15) is 0 Å². The van der Waals surface area contributed by atoms with Gasteiger partial charge in [0.2, 0.25) is 5.88 Å². The third-order valence-electron chi connectivity index (χ3n) is 4.30. The van der Waals surface area contributed by atoms with Gasteiger partial charge in [0, 0.05) is 46.5 Å². The summed E-state index contributed by atoms with van der Waals surface area (Å²) in [5.41, 5.74) is 7.91. The minimum atomic E-state index is -0.348. The number of benzene rings is 2. The molecular weight excluding hydrogens is 441 g/mol. The van der Waals surface area contributed by atoms with Crippen molar-refractivity contribution in [1.29, 1.82) is 0 Å². The normalized spacial score (nSPS) is 10.9. The lowest BCUT2D eigenvalue weighted by atomic mass is 10.1. The minimum absolute atomic E-state index is 0.290. The largest absolute Gasteiger partial charge is 0.455 e. The van der Waals surface area contributed by atoms with E-state index in [0.717, 1.165) is 0 Å². The number of ether oxygens (including phenoxy) is 1. The molecule has 0 bridgehead atoms. The van der Waals surface area contributed by atoms with E-state index in [9.17, 15) is 9.18 Å². The molecule has 0 saturated heterocycles. The smallest absolute Gasteiger partial charge is 0.255 e. The number of hydrogen-bond donors (Lipinski definition) is 2. The lowest BCUT2D eigenvalue weighted by Crippen LogP contribution is -2.18. The van der Waals surface area contributed by atoms with Crippen LogP contribution in [-0.2, 0) is 0 Å². The lowest BCUT2D eigenvalue weighted by molar-refractivity contribution is 0.0964. The molecule has 2 aromatic carbocycles. The SMILES string of the molecule is CNC(=O)c1c(-c2ccc(Oc3ccc(F)cc3)nc2)oc2cc(N)c(Br)cc12. The Labute approximate surface area is 173 Å². The first-order valence-electron chi connectivity index (χ1n) is 8.59. The lowest BCUT2D eigenvalue weighted by Gasteiger charge is -2.06. The molecule has 1 amide bonds. The zero-order chi connectivity index (χ0) is 20.5. The summed E-state index contributed by atoms with van der Waals surface area (Å²) in [6.07, 6.45) is 1.54. The summed E-state index contributed by atoms with van der Waals surface area (Å²) < 4.78 is 25.2. The van der Waals surface area contributed by atoms with Gasteiger partial charge in [0.1, 0.15) is 22.9 Å². The van der Waals surface area contributed by atoms with E-state index in [2.05, 4.69) is 26.2 Å². The molecule has 2 heterocycles. The number of nitrogen functional groups attached to an aromatic ring is 1. The fourth-order valence-corrected chi connectivity index (χ4v) is 3.23. The summed E-state index contributed by atoms with van der Waals surface area (Å²) in [4.78, 5) is 16.8. The first-order chi connectivity index (χ1) is 14.0. The molecule has 0 fully saturated rings. The van der Waals surface area contributed by atoms with Crippen LogP contribution >= 0.6 is 15.9 Å². The number of nitrogens with two attached hydrogens (primary N) is 1. The van der Waals surface area contributed by atoms with E-state index in [0.29, 0.717) is 49.6 Å². The number of fused-ring (bicyclic) bond motifs is 1. The molecule has 4 aromatic rings. The van der Waals surface area contributed by atoms with Gasteiger partial charge in [-0.05, 0) is 52.3 Å². The van der Waals surface area contributed by atoms with E-state index < -0.39 is 0 Å². The number of nitrogens with zero attached hydrogens (tertiary/aromatic N) is 1. The second kappa shape index (κ2) is 7.56. The zero-order valence-electron chi connectivity index (χ0n) is 15.2. The number of aromatic nitrogens is 1. The van der Waals surface area contributed by atoms with Crippen molar-refractivity contribution in [3.8, 4) is 23.0 Å². The highest BCUT2D eigenvalue weighted by Crippen LogP contribution is 2.37. The third kappa shape index (κ3) is 3.66. The molecule has 0 aliphatic rings. The van der Waals surface area contributed by atoms with Crippen LogP contribution in [0.1, 0.15) is 10.4 Å². The molecule has 0 spiro atoms. The van der Waals surface area contributed by atoms with Crippen LogP contribution in [0.3, 0.4) is 0 Å². The van der Waals surface area contributed by atoms with Crippen LogP contribution in [-0.4, -0.2) is 17.9 Å². The summed E-state index contributed by atoms with van der Waals surface area (Å²) in [5.74, 6) is 0.519. The molecule has 8 heteroatoms. The Morgan fingerprint density at radius 1 is 1.21 bits per heavy atom. The first kappa shape index (κ1) is 18.9. The van der Waals surface area contributed by atoms with Gasteiger partial charge in [0.25, 0.3) is 5.91 Å². The van der Waals surface area contributed by atoms with Crippen molar-refractivity contribution in [2.75, 3.05) is 12.8 Å². The maximum Gasteiger partial charge on any atom is 0.255 e. The molecule has 0 aliphatic heterocycles. The summed E-state index contributed by atoms with van der Waals surface area (Å²) in [6.45, 7) is 0. The van der Waals surface area contributed by atoms with Crippen molar-refractivity contribution in [2.24, 2.45) is 0 Å². The number of hydrogen-bond acceptors (Lipinski definition) is 5. The number of amides is 1. The second-order valence-corrected chi connectivity index (χ2v) is 7.05. The maximum atomic E-state index is 13.0. The average Bonchev–Trinajstić information content (AvgIpc) is 3.08. The van der Waals surface area contributed by atoms with Crippen molar-refractivity contribution >= 4 is 38.5 Å². The fraction of sp³-hybridized carbons (Fsp3) is 0.0476. The molecule has 3 N–H and O–H groups in total. The van der Waals surface area contributed by atoms with E-state index in [1.165, 1.54) is 24.3 Å². The van der Waals surface area contributed by atoms with Gasteiger partial charge in [0.05, 0.1) is 5.56 Å². The maximum absolute atomic E-state index is 13.0. The molecular formula is C21H15BrFN3O3. The predicted octanol–water partition coefficient (Wildman–Crippen LogP) is 5.13. The summed E-state index contributed by atoms with van der Waals surface area (Å²) in [5, 5.41) is 3.26. The van der Waals surface area contributed by atoms with Gasteiger partial charge in [-0.15, -0.1) is 0 Å². The molecule has 2 aromatic heterocycles. The van der Waals surface area contributed by atoms with Crippen LogP contribution in [0.2, 0.25) is 0 Å². The van der Waals surface area contributed by atoms with Gasteiger partial charge in [-0.1, -0.05) is 0 Å². The number of carbonyl (C=O) groups is 1. The average molecular weight is 456 g/mol. The van der Waals surface area contributed by atoms with Crippen LogP contribution in [0.25, 0.3) is 22.3 Å². The van der Waals surface area contributed by atoms with Gasteiger partial charge in [-0.25, -0.2) is 9.37 Å². The van der Waals surface area contributed by atoms with Crippen molar-refractivity contribution in [1.82, 2.24) is 10.3 Å². The molecule has 0 radical (unpaired) electrons. The Morgan fingerprint density at radius 3 is 2.62 bits per heavy atom. The Balaban J connectivity index is 1.74. The highest BCUT2D eigenvalue weighted by atomic mass is 79.9. The molecule has 146 valence electrons. The predicted molar refractivity (Wildman–Crippen MR) is 111 cm³/mol. The molecule has 0 atom stereocenters. The van der Waals surface area contributed by atoms with Gasteiger partial charge < -0.3 is 20.2 Å². The van der Waals surface area contributed by atoms with Crippen LogP contribution in [0, 0.1) is 5.82 Å². The number of halogens is 2. The molecule has 0 unspecified atom stereocenters. The number of rotatable bonds is 4. The van der Waals surface area contributed by atoms with Crippen molar-refractivity contribution in [3.05, 3.63) is 70.6 Å². The van der Waals surface area contributed by atoms with E-state index in [1.807, 2.05) is 0 Å². The van der Waals surface area contributed by atoms with Crippen molar-refractivity contribution in [2.45, 2.75) is 0 Å². The zero-order valence-corrected chi connectivity index (χ0v) is 16.8. The molecule has 6 nitrogen and oxygen atoms in total. The summed E-state index contributed by atoms with van der Waals surface area (Å²) in [7, 11) is 1.55. The monoisotopic (exact) mass is 455 g/mol. The molecule has 4 rings (SSSR count). The van der Waals surface area contributed by atoms with Gasteiger partial charge >= 0.3 is 0 Å². The molecule has 0 saturated carbocycles. The standard InChI is InChI=1S/C21H15BrFN3O3/c1-25-21(27)19-14-8-15(22)16(24)9-17(14)29-20(19)11-2-7-18(26-10-11)28-13-5-3-12(23)4-6-13/h2-10H,24H2,1H3,(H,25,27). The minimum Gasteiger partial charge on any atom is -0.455 e. The van der Waals surface area contributed by atoms with Crippen LogP contribution in [0.5, 0.6) is 11.6 Å². The Bertz CT molecular complexity index is 1200. The topological polar surface area (TPSA) is 90.4 Å². The Hall–Kier alpha value is -3.39. The van der Waals surface area contributed by atoms with Gasteiger partial charge in [-0.3, -0.25) is 4.79 Å². The highest BCUT2D eigenvalue weighted by Gasteiger charge is 2.22.